The van der Waals surface area contributed by atoms with E-state index < -0.39 is 9.03 Å². The van der Waals surface area contributed by atoms with E-state index in [2.05, 4.69) is 15.0 Å². The zero-order valence-corrected chi connectivity index (χ0v) is 12.2. The normalized spacial score (nSPS) is 21.8. The summed E-state index contributed by atoms with van der Waals surface area (Å²) in [5, 5.41) is 19.3. The minimum atomic E-state index is -0.804. The largest absolute Gasteiger partial charge is 0.396 e. The molecule has 0 aliphatic heterocycles. The summed E-state index contributed by atoms with van der Waals surface area (Å²) in [7, 11) is 0.905. The van der Waals surface area contributed by atoms with Crippen LogP contribution >= 0.6 is 9.03 Å². The molecule has 1 aromatic rings. The zero-order valence-electron chi connectivity index (χ0n) is 11.2. The van der Waals surface area contributed by atoms with E-state index in [1.54, 1.807) is 19.4 Å². The number of nitrogens with zero attached hydrogens (tertiary/aromatic N) is 2. The predicted octanol–water partition coefficient (Wildman–Crippen LogP) is 0.330. The van der Waals surface area contributed by atoms with E-state index in [0.717, 1.165) is 19.3 Å². The topological polar surface area (TPSA) is 117 Å². The molecule has 1 fully saturated rings. The van der Waals surface area contributed by atoms with Crippen LogP contribution in [0.5, 0.6) is 0 Å². The third kappa shape index (κ3) is 5.15. The molecule has 0 aromatic carbocycles. The lowest BCUT2D eigenvalue weighted by Crippen LogP contribution is -2.26. The highest BCUT2D eigenvalue weighted by molar-refractivity contribution is 7.24. The molecule has 1 saturated carbocycles. The minimum Gasteiger partial charge on any atom is -0.396 e. The number of aliphatic hydroxyl groups excluding tert-OH is 1. The second-order valence-electron chi connectivity index (χ2n) is 4.58. The second kappa shape index (κ2) is 8.99. The van der Waals surface area contributed by atoms with Crippen LogP contribution in [0.4, 0.5) is 5.82 Å². The molecule has 1 aromatic heterocycles. The van der Waals surface area contributed by atoms with Gasteiger partial charge in [-0.3, -0.25) is 4.79 Å². The molecule has 0 saturated heterocycles. The molecule has 3 unspecified atom stereocenters. The number of anilines is 1. The van der Waals surface area contributed by atoms with Gasteiger partial charge in [0.05, 0.1) is 0 Å². The highest BCUT2D eigenvalue weighted by atomic mass is 31.1. The van der Waals surface area contributed by atoms with Gasteiger partial charge in [-0.1, -0.05) is 0 Å². The minimum absolute atomic E-state index is 0.102. The fourth-order valence-electron chi connectivity index (χ4n) is 2.16. The summed E-state index contributed by atoms with van der Waals surface area (Å²) in [6.45, 7) is 0.235. The molecule has 0 amide bonds. The van der Waals surface area contributed by atoms with Gasteiger partial charge in [-0.05, 0) is 25.2 Å². The predicted molar refractivity (Wildman–Crippen MR) is 75.6 cm³/mol. The van der Waals surface area contributed by atoms with Crippen molar-refractivity contribution in [2.75, 3.05) is 11.9 Å². The summed E-state index contributed by atoms with van der Waals surface area (Å²) in [6, 6.07) is 0.264. The van der Waals surface area contributed by atoms with Crippen LogP contribution in [0.3, 0.4) is 0 Å². The number of rotatable bonds is 4. The quantitative estimate of drug-likeness (QED) is 0.360. The standard InChI is InChI=1S/C11H17N3O2.H3O3P/c1-14-5-4-12-10(11(14)16)13-9-3-2-8(6-9)7-15;1-3-4-2/h4-5,8-9,15H,2-3,6-7H2,1H3,(H,12,13);1-2,4H. The second-order valence-corrected chi connectivity index (χ2v) is 4.94. The Hall–Kier alpha value is -1.05. The van der Waals surface area contributed by atoms with Gasteiger partial charge in [0.25, 0.3) is 5.56 Å². The number of aliphatic hydroxyl groups is 1. The first kappa shape index (κ1) is 17.0. The van der Waals surface area contributed by atoms with E-state index in [4.69, 9.17) is 15.3 Å². The highest BCUT2D eigenvalue weighted by Crippen LogP contribution is 2.26. The van der Waals surface area contributed by atoms with Gasteiger partial charge in [0.1, 0.15) is 0 Å². The molecule has 8 nitrogen and oxygen atoms in total. The van der Waals surface area contributed by atoms with Crippen molar-refractivity contribution in [3.8, 4) is 0 Å². The van der Waals surface area contributed by atoms with E-state index in [9.17, 15) is 4.79 Å². The van der Waals surface area contributed by atoms with Crippen LogP contribution in [0.2, 0.25) is 0 Å². The lowest BCUT2D eigenvalue weighted by Gasteiger charge is -2.13. The van der Waals surface area contributed by atoms with Crippen LogP contribution in [-0.2, 0) is 11.7 Å². The van der Waals surface area contributed by atoms with Gasteiger partial charge in [0.2, 0.25) is 0 Å². The van der Waals surface area contributed by atoms with Gasteiger partial charge in [0.15, 0.2) is 14.9 Å². The summed E-state index contributed by atoms with van der Waals surface area (Å²) < 4.78 is 4.63. The third-order valence-electron chi connectivity index (χ3n) is 3.20. The Kier molecular flexibility index (Phi) is 7.64. The van der Waals surface area contributed by atoms with Crippen LogP contribution in [0.25, 0.3) is 0 Å². The fourth-order valence-corrected chi connectivity index (χ4v) is 2.16. The number of hydrogen-bond acceptors (Lipinski definition) is 7. The van der Waals surface area contributed by atoms with Crippen molar-refractivity contribution in [2.45, 2.75) is 25.3 Å². The Morgan fingerprint density at radius 1 is 1.60 bits per heavy atom. The van der Waals surface area contributed by atoms with Crippen molar-refractivity contribution in [3.05, 3.63) is 22.7 Å². The van der Waals surface area contributed by atoms with Crippen molar-refractivity contribution in [1.29, 1.82) is 0 Å². The maximum atomic E-state index is 11.7. The van der Waals surface area contributed by atoms with Crippen LogP contribution in [0.15, 0.2) is 17.2 Å². The molecule has 114 valence electrons. The van der Waals surface area contributed by atoms with Crippen molar-refractivity contribution in [1.82, 2.24) is 9.55 Å². The first-order valence-electron chi connectivity index (χ1n) is 6.20. The Morgan fingerprint density at radius 2 is 2.30 bits per heavy atom. The lowest BCUT2D eigenvalue weighted by molar-refractivity contribution is -0.130. The molecule has 0 radical (unpaired) electrons. The molecule has 9 heteroatoms. The summed E-state index contributed by atoms with van der Waals surface area (Å²) in [6.07, 6.45) is 6.17. The molecule has 0 bridgehead atoms. The van der Waals surface area contributed by atoms with E-state index in [1.807, 2.05) is 0 Å². The lowest BCUT2D eigenvalue weighted by atomic mass is 10.1. The fraction of sp³-hybridized carbons (Fsp3) is 0.636. The molecule has 3 atom stereocenters. The molecule has 4 N–H and O–H groups in total. The maximum Gasteiger partial charge on any atom is 0.293 e. The SMILES string of the molecule is Cn1ccnc(NC2CCC(CO)C2)c1=O.OOPO. The van der Waals surface area contributed by atoms with Crippen LogP contribution in [0, 0.1) is 5.92 Å². The number of hydrogen-bond donors (Lipinski definition) is 4. The number of aryl methyl sites for hydroxylation is 1. The Morgan fingerprint density at radius 3 is 2.85 bits per heavy atom. The Labute approximate surface area is 118 Å². The first-order chi connectivity index (χ1) is 9.62. The molecule has 1 aliphatic carbocycles. The van der Waals surface area contributed by atoms with Gasteiger partial charge >= 0.3 is 0 Å². The summed E-state index contributed by atoms with van der Waals surface area (Å²) in [4.78, 5) is 23.2. The average Bonchev–Trinajstić information content (AvgIpc) is 2.92. The average molecular weight is 305 g/mol. The van der Waals surface area contributed by atoms with Gasteiger partial charge in [-0.15, -0.1) is 0 Å². The Bertz CT molecular complexity index is 454. The molecule has 20 heavy (non-hydrogen) atoms. The van der Waals surface area contributed by atoms with Crippen LogP contribution < -0.4 is 10.9 Å². The monoisotopic (exact) mass is 305 g/mol. The zero-order chi connectivity index (χ0) is 15.0. The van der Waals surface area contributed by atoms with E-state index >= 15 is 0 Å². The van der Waals surface area contributed by atoms with Gasteiger partial charge < -0.3 is 19.9 Å². The van der Waals surface area contributed by atoms with Crippen molar-refractivity contribution in [2.24, 2.45) is 13.0 Å². The third-order valence-corrected chi connectivity index (χ3v) is 3.28. The van der Waals surface area contributed by atoms with Crippen molar-refractivity contribution >= 4 is 14.9 Å². The molecule has 1 aliphatic rings. The van der Waals surface area contributed by atoms with Gasteiger partial charge in [-0.25, -0.2) is 10.2 Å². The smallest absolute Gasteiger partial charge is 0.293 e. The maximum absolute atomic E-state index is 11.7. The van der Waals surface area contributed by atoms with Crippen molar-refractivity contribution in [3.63, 3.8) is 0 Å². The molecule has 0 spiro atoms. The van der Waals surface area contributed by atoms with Crippen LogP contribution in [-0.4, -0.2) is 37.5 Å². The molecular formula is C11H20N3O5P. The van der Waals surface area contributed by atoms with Crippen molar-refractivity contribution < 1.29 is 19.9 Å². The molecular weight excluding hydrogens is 285 g/mol. The van der Waals surface area contributed by atoms with E-state index in [1.165, 1.54) is 4.57 Å². The van der Waals surface area contributed by atoms with Crippen LogP contribution in [0.1, 0.15) is 19.3 Å². The summed E-state index contributed by atoms with van der Waals surface area (Å²) >= 11 is 0. The first-order valence-corrected chi connectivity index (χ1v) is 7.06. The molecule has 2 rings (SSSR count). The number of aromatic nitrogens is 2. The Balaban J connectivity index is 0.000000444. The van der Waals surface area contributed by atoms with Gasteiger partial charge in [0, 0.05) is 32.1 Å². The highest BCUT2D eigenvalue weighted by Gasteiger charge is 2.24. The van der Waals surface area contributed by atoms with E-state index in [0.29, 0.717) is 11.7 Å². The summed E-state index contributed by atoms with van der Waals surface area (Å²) in [5.41, 5.74) is -0.102. The molecule has 1 heterocycles. The number of nitrogens with one attached hydrogen (secondary N) is 1. The summed E-state index contributed by atoms with van der Waals surface area (Å²) in [5.74, 6) is 0.777. The van der Waals surface area contributed by atoms with E-state index in [-0.39, 0.29) is 18.2 Å². The van der Waals surface area contributed by atoms with Gasteiger partial charge in [-0.2, -0.15) is 4.67 Å².